The molecule has 0 saturated carbocycles. The number of morpholine rings is 1. The van der Waals surface area contributed by atoms with Crippen LogP contribution in [0.3, 0.4) is 0 Å². The van der Waals surface area contributed by atoms with Gasteiger partial charge in [0.1, 0.15) is 11.4 Å². The lowest BCUT2D eigenvalue weighted by molar-refractivity contribution is -0.384. The van der Waals surface area contributed by atoms with Crippen molar-refractivity contribution in [2.45, 2.75) is 6.92 Å². The predicted octanol–water partition coefficient (Wildman–Crippen LogP) is 2.53. The zero-order valence-corrected chi connectivity index (χ0v) is 18.2. The lowest BCUT2D eigenvalue weighted by atomic mass is 10.1. The molecule has 1 aliphatic heterocycles. The number of nitrogens with one attached hydrogen (secondary N) is 1. The number of nitro groups is 2. The Morgan fingerprint density at radius 2 is 1.82 bits per heavy atom. The van der Waals surface area contributed by atoms with E-state index in [2.05, 4.69) is 5.32 Å². The van der Waals surface area contributed by atoms with Crippen LogP contribution in [0.1, 0.15) is 17.3 Å². The van der Waals surface area contributed by atoms with Gasteiger partial charge >= 0.3 is 5.97 Å². The van der Waals surface area contributed by atoms with Crippen molar-refractivity contribution in [3.8, 4) is 5.75 Å². The summed E-state index contributed by atoms with van der Waals surface area (Å²) in [5, 5.41) is 24.8. The van der Waals surface area contributed by atoms with Crippen molar-refractivity contribution in [3.05, 3.63) is 62.2 Å². The molecule has 0 aliphatic carbocycles. The lowest BCUT2D eigenvalue weighted by Crippen LogP contribution is -2.37. The van der Waals surface area contributed by atoms with Crippen LogP contribution >= 0.6 is 0 Å². The van der Waals surface area contributed by atoms with Crippen LogP contribution < -0.4 is 15.0 Å². The highest BCUT2D eigenvalue weighted by Crippen LogP contribution is 2.30. The molecule has 2 aromatic carbocycles. The normalized spacial score (nSPS) is 13.1. The highest BCUT2D eigenvalue weighted by atomic mass is 16.6. The van der Waals surface area contributed by atoms with E-state index in [1.807, 2.05) is 4.90 Å². The number of rotatable bonds is 9. The Balaban J connectivity index is 1.73. The summed E-state index contributed by atoms with van der Waals surface area (Å²) in [7, 11) is 0. The second-order valence-corrected chi connectivity index (χ2v) is 7.05. The molecule has 0 atom stereocenters. The average molecular weight is 474 g/mol. The second kappa shape index (κ2) is 11.0. The van der Waals surface area contributed by atoms with Gasteiger partial charge in [-0.15, -0.1) is 0 Å². The van der Waals surface area contributed by atoms with Crippen molar-refractivity contribution in [3.63, 3.8) is 0 Å². The summed E-state index contributed by atoms with van der Waals surface area (Å²) < 4.78 is 15.6. The van der Waals surface area contributed by atoms with Crippen LogP contribution in [0.5, 0.6) is 5.75 Å². The number of ether oxygens (including phenoxy) is 3. The highest BCUT2D eigenvalue weighted by molar-refractivity contribution is 6.00. The molecular formula is C21H22N4O9. The SMILES string of the molecule is CCOc1ccc(NC(=O)COC(=O)c2cc([N+](=O)[O-])ccc2N2CCOCC2)c([N+](=O)[O-])c1. The predicted molar refractivity (Wildman–Crippen MR) is 119 cm³/mol. The molecule has 2 aromatic rings. The third kappa shape index (κ3) is 5.95. The smallest absolute Gasteiger partial charge is 0.341 e. The van der Waals surface area contributed by atoms with Gasteiger partial charge in [-0.05, 0) is 25.1 Å². The van der Waals surface area contributed by atoms with E-state index in [1.165, 1.54) is 30.3 Å². The maximum absolute atomic E-state index is 12.7. The number of esters is 1. The van der Waals surface area contributed by atoms with Gasteiger partial charge in [-0.2, -0.15) is 0 Å². The number of amides is 1. The van der Waals surface area contributed by atoms with Crippen LogP contribution in [0, 0.1) is 20.2 Å². The quantitative estimate of drug-likeness (QED) is 0.324. The average Bonchev–Trinajstić information content (AvgIpc) is 2.83. The molecule has 1 aliphatic rings. The minimum atomic E-state index is -0.943. The first-order chi connectivity index (χ1) is 16.3. The fraction of sp³-hybridized carbons (Fsp3) is 0.333. The van der Waals surface area contributed by atoms with Gasteiger partial charge in [0.05, 0.1) is 47.0 Å². The maximum Gasteiger partial charge on any atom is 0.341 e. The van der Waals surface area contributed by atoms with Gasteiger partial charge < -0.3 is 24.4 Å². The fourth-order valence-electron chi connectivity index (χ4n) is 3.30. The van der Waals surface area contributed by atoms with Crippen LogP contribution in [-0.2, 0) is 14.3 Å². The van der Waals surface area contributed by atoms with Crippen LogP contribution in [0.25, 0.3) is 0 Å². The molecule has 0 spiro atoms. The summed E-state index contributed by atoms with van der Waals surface area (Å²) in [6.07, 6.45) is 0. The highest BCUT2D eigenvalue weighted by Gasteiger charge is 2.24. The minimum absolute atomic E-state index is 0.0732. The molecule has 1 heterocycles. The van der Waals surface area contributed by atoms with Crippen molar-refractivity contribution < 1.29 is 33.6 Å². The molecule has 1 saturated heterocycles. The summed E-state index contributed by atoms with van der Waals surface area (Å²) >= 11 is 0. The van der Waals surface area contributed by atoms with Gasteiger partial charge in [0.25, 0.3) is 17.3 Å². The Kier molecular flexibility index (Phi) is 7.92. The molecule has 3 rings (SSSR count). The van der Waals surface area contributed by atoms with E-state index in [9.17, 15) is 29.8 Å². The van der Waals surface area contributed by atoms with Crippen LogP contribution in [0.4, 0.5) is 22.7 Å². The number of hydrogen-bond donors (Lipinski definition) is 1. The fourth-order valence-corrected chi connectivity index (χ4v) is 3.30. The van der Waals surface area contributed by atoms with E-state index in [-0.39, 0.29) is 28.4 Å². The summed E-state index contributed by atoms with van der Waals surface area (Å²) in [6, 6.07) is 7.74. The standard InChI is InChI=1S/C21H22N4O9/c1-2-33-15-4-5-17(19(12-15)25(30)31)22-20(26)13-34-21(27)16-11-14(24(28)29)3-6-18(16)23-7-9-32-10-8-23/h3-6,11-12H,2,7-10,13H2,1H3,(H,22,26). The molecule has 1 fully saturated rings. The van der Waals surface area contributed by atoms with Crippen LogP contribution in [-0.4, -0.2) is 61.2 Å². The summed E-state index contributed by atoms with van der Waals surface area (Å²) in [4.78, 5) is 48.1. The number of benzene rings is 2. The van der Waals surface area contributed by atoms with Crippen molar-refractivity contribution >= 4 is 34.6 Å². The van der Waals surface area contributed by atoms with E-state index >= 15 is 0 Å². The summed E-state index contributed by atoms with van der Waals surface area (Å²) in [5.41, 5.74) is -0.450. The van der Waals surface area contributed by atoms with Gasteiger partial charge in [-0.3, -0.25) is 25.0 Å². The molecule has 0 aromatic heterocycles. The Morgan fingerprint density at radius 3 is 2.47 bits per heavy atom. The van der Waals surface area contributed by atoms with Gasteiger partial charge in [-0.1, -0.05) is 0 Å². The number of nitro benzene ring substituents is 2. The summed E-state index contributed by atoms with van der Waals surface area (Å²) in [5.74, 6) is -1.50. The van der Waals surface area contributed by atoms with Crippen LogP contribution in [0.15, 0.2) is 36.4 Å². The molecule has 180 valence electrons. The van der Waals surface area contributed by atoms with E-state index in [0.717, 1.165) is 6.07 Å². The van der Waals surface area contributed by atoms with Crippen molar-refractivity contribution in [1.29, 1.82) is 0 Å². The topological polar surface area (TPSA) is 163 Å². The first kappa shape index (κ1) is 24.4. The second-order valence-electron chi connectivity index (χ2n) is 7.05. The number of non-ortho nitro benzene ring substituents is 1. The largest absolute Gasteiger partial charge is 0.494 e. The monoisotopic (exact) mass is 474 g/mol. The van der Waals surface area contributed by atoms with Crippen molar-refractivity contribution in [2.75, 3.05) is 49.7 Å². The zero-order chi connectivity index (χ0) is 24.7. The molecular weight excluding hydrogens is 452 g/mol. The Hall–Kier alpha value is -4.26. The Morgan fingerprint density at radius 1 is 1.09 bits per heavy atom. The molecule has 0 unspecified atom stereocenters. The van der Waals surface area contributed by atoms with Gasteiger partial charge in [0.15, 0.2) is 6.61 Å². The van der Waals surface area contributed by atoms with Crippen molar-refractivity contribution in [2.24, 2.45) is 0 Å². The molecule has 13 nitrogen and oxygen atoms in total. The van der Waals surface area contributed by atoms with E-state index in [4.69, 9.17) is 14.2 Å². The molecule has 0 radical (unpaired) electrons. The van der Waals surface area contributed by atoms with E-state index in [1.54, 1.807) is 6.92 Å². The number of nitrogens with zero attached hydrogens (tertiary/aromatic N) is 3. The number of carbonyl (C=O) groups excluding carboxylic acids is 2. The zero-order valence-electron chi connectivity index (χ0n) is 18.2. The van der Waals surface area contributed by atoms with E-state index in [0.29, 0.717) is 38.6 Å². The van der Waals surface area contributed by atoms with Crippen molar-refractivity contribution in [1.82, 2.24) is 0 Å². The first-order valence-electron chi connectivity index (χ1n) is 10.3. The molecule has 1 amide bonds. The van der Waals surface area contributed by atoms with Gasteiger partial charge in [0.2, 0.25) is 0 Å². The molecule has 13 heteroatoms. The molecule has 1 N–H and O–H groups in total. The van der Waals surface area contributed by atoms with E-state index < -0.39 is 28.3 Å². The number of hydrogen-bond acceptors (Lipinski definition) is 10. The lowest BCUT2D eigenvalue weighted by Gasteiger charge is -2.30. The molecule has 0 bridgehead atoms. The minimum Gasteiger partial charge on any atom is -0.494 e. The third-order valence-corrected chi connectivity index (χ3v) is 4.85. The third-order valence-electron chi connectivity index (χ3n) is 4.85. The Labute approximate surface area is 193 Å². The first-order valence-corrected chi connectivity index (χ1v) is 10.3. The van der Waals surface area contributed by atoms with Gasteiger partial charge in [0, 0.05) is 25.2 Å². The Bertz CT molecular complexity index is 1100. The number of anilines is 2. The maximum atomic E-state index is 12.7. The van der Waals surface area contributed by atoms with Crippen LogP contribution in [0.2, 0.25) is 0 Å². The number of carbonyl (C=O) groups is 2. The molecule has 34 heavy (non-hydrogen) atoms. The summed E-state index contributed by atoms with van der Waals surface area (Å²) in [6.45, 7) is 3.07. The van der Waals surface area contributed by atoms with Gasteiger partial charge in [-0.25, -0.2) is 4.79 Å².